The number of nitro benzene ring substituents is 1. The molecule has 0 atom stereocenters. The molecule has 0 heterocycles. The Kier molecular flexibility index (Phi) is 6.89. The van der Waals surface area contributed by atoms with Gasteiger partial charge in [0.2, 0.25) is 10.0 Å². The van der Waals surface area contributed by atoms with Crippen LogP contribution in [0.25, 0.3) is 0 Å². The van der Waals surface area contributed by atoms with Crippen LogP contribution in [0.4, 0.5) is 5.69 Å². The van der Waals surface area contributed by atoms with E-state index in [9.17, 15) is 23.6 Å². The van der Waals surface area contributed by atoms with Gasteiger partial charge in [-0.05, 0) is 24.3 Å². The fourth-order valence-electron chi connectivity index (χ4n) is 1.42. The maximum Gasteiger partial charge on any atom is 0.312 e. The summed E-state index contributed by atoms with van der Waals surface area (Å²) in [4.78, 5) is 9.55. The summed E-state index contributed by atoms with van der Waals surface area (Å²) in [5.74, 6) is 0.668. The van der Waals surface area contributed by atoms with Gasteiger partial charge in [-0.25, -0.2) is 13.1 Å². The summed E-state index contributed by atoms with van der Waals surface area (Å²) in [6, 6.07) is 2.89. The molecule has 21 heavy (non-hydrogen) atoms. The third-order valence-electron chi connectivity index (χ3n) is 2.44. The Balaban J connectivity index is 2.66. The van der Waals surface area contributed by atoms with Gasteiger partial charge in [-0.3, -0.25) is 10.1 Å². The number of hydrogen-bond donors (Lipinski definition) is 3. The van der Waals surface area contributed by atoms with Gasteiger partial charge in [-0.2, -0.15) is 11.8 Å². The minimum absolute atomic E-state index is 0.0932. The average molecular weight is 336 g/mol. The van der Waals surface area contributed by atoms with Crippen molar-refractivity contribution in [3.8, 4) is 5.75 Å². The molecule has 0 saturated heterocycles. The van der Waals surface area contributed by atoms with Crippen LogP contribution in [0.1, 0.15) is 6.42 Å². The van der Waals surface area contributed by atoms with Gasteiger partial charge in [0, 0.05) is 25.0 Å². The van der Waals surface area contributed by atoms with Crippen molar-refractivity contribution >= 4 is 27.5 Å². The monoisotopic (exact) mass is 336 g/mol. The molecule has 1 aromatic rings. The number of aliphatic hydroxyl groups excluding tert-OH is 1. The van der Waals surface area contributed by atoms with Gasteiger partial charge in [-0.1, -0.05) is 0 Å². The molecule has 1 aromatic carbocycles. The van der Waals surface area contributed by atoms with Crippen molar-refractivity contribution in [2.75, 3.05) is 24.7 Å². The van der Waals surface area contributed by atoms with E-state index in [4.69, 9.17) is 5.11 Å². The summed E-state index contributed by atoms with van der Waals surface area (Å²) < 4.78 is 26.2. The molecule has 0 fully saturated rings. The van der Waals surface area contributed by atoms with Crippen LogP contribution in [0.3, 0.4) is 0 Å². The fraction of sp³-hybridized carbons (Fsp3) is 0.455. The number of benzene rings is 1. The molecule has 118 valence electrons. The maximum absolute atomic E-state index is 11.9. The van der Waals surface area contributed by atoms with Crippen molar-refractivity contribution < 1.29 is 23.6 Å². The Bertz CT molecular complexity index is 590. The third-order valence-corrected chi connectivity index (χ3v) is 4.97. The van der Waals surface area contributed by atoms with Gasteiger partial charge < -0.3 is 10.2 Å². The second kappa shape index (κ2) is 8.17. The van der Waals surface area contributed by atoms with Gasteiger partial charge in [0.15, 0.2) is 5.75 Å². The van der Waals surface area contributed by atoms with Crippen molar-refractivity contribution in [3.05, 3.63) is 28.3 Å². The van der Waals surface area contributed by atoms with Crippen molar-refractivity contribution in [2.24, 2.45) is 0 Å². The molecule has 10 heteroatoms. The maximum atomic E-state index is 11.9. The molecule has 0 radical (unpaired) electrons. The first kappa shape index (κ1) is 17.7. The smallest absolute Gasteiger partial charge is 0.312 e. The van der Waals surface area contributed by atoms with Crippen LogP contribution >= 0.6 is 11.8 Å². The molecule has 0 aliphatic carbocycles. The zero-order chi connectivity index (χ0) is 15.9. The number of aliphatic hydroxyl groups is 1. The lowest BCUT2D eigenvalue weighted by atomic mass is 10.3. The number of phenols is 1. The van der Waals surface area contributed by atoms with E-state index in [1.807, 2.05) is 0 Å². The van der Waals surface area contributed by atoms with Gasteiger partial charge >= 0.3 is 5.69 Å². The molecular formula is C11H16N2O6S2. The molecule has 3 N–H and O–H groups in total. The molecule has 0 amide bonds. The zero-order valence-corrected chi connectivity index (χ0v) is 12.7. The van der Waals surface area contributed by atoms with Crippen molar-refractivity contribution in [1.29, 1.82) is 0 Å². The predicted molar refractivity (Wildman–Crippen MR) is 79.0 cm³/mol. The van der Waals surface area contributed by atoms with Gasteiger partial charge in [0.1, 0.15) is 0 Å². The molecule has 0 saturated carbocycles. The minimum atomic E-state index is -3.85. The van der Waals surface area contributed by atoms with Gasteiger partial charge in [0.05, 0.1) is 9.82 Å². The molecule has 8 nitrogen and oxygen atoms in total. The number of nitrogens with one attached hydrogen (secondary N) is 1. The minimum Gasteiger partial charge on any atom is -0.502 e. The molecule has 0 aliphatic rings. The standard InChI is InChI=1S/C11H16N2O6S2/c14-5-1-6-20-7-4-12-21(18,19)9-2-3-11(15)10(8-9)13(16)17/h2-3,8,12,14-15H,1,4-7H2. The molecule has 0 bridgehead atoms. The summed E-state index contributed by atoms with van der Waals surface area (Å²) in [5, 5.41) is 28.5. The van der Waals surface area contributed by atoms with E-state index in [1.165, 1.54) is 11.8 Å². The van der Waals surface area contributed by atoms with Crippen LogP contribution < -0.4 is 4.72 Å². The summed E-state index contributed by atoms with van der Waals surface area (Å²) in [5.41, 5.74) is -0.657. The van der Waals surface area contributed by atoms with Crippen LogP contribution in [0.2, 0.25) is 0 Å². The van der Waals surface area contributed by atoms with Gasteiger partial charge in [0.25, 0.3) is 0 Å². The summed E-state index contributed by atoms with van der Waals surface area (Å²) in [6.45, 7) is 0.267. The Morgan fingerprint density at radius 2 is 2.05 bits per heavy atom. The largest absolute Gasteiger partial charge is 0.502 e. The SMILES string of the molecule is O=[N+]([O-])c1cc(S(=O)(=O)NCCSCCCO)ccc1O. The number of aromatic hydroxyl groups is 1. The van der Waals surface area contributed by atoms with E-state index in [2.05, 4.69) is 4.72 Å². The second-order valence-corrected chi connectivity index (χ2v) is 6.99. The topological polar surface area (TPSA) is 130 Å². The Hall–Kier alpha value is -1.36. The highest BCUT2D eigenvalue weighted by atomic mass is 32.2. The molecular weight excluding hydrogens is 320 g/mol. The first-order valence-electron chi connectivity index (χ1n) is 6.04. The lowest BCUT2D eigenvalue weighted by Crippen LogP contribution is -2.26. The van der Waals surface area contributed by atoms with Crippen LogP contribution in [-0.4, -0.2) is 48.2 Å². The first-order chi connectivity index (χ1) is 9.88. The summed E-state index contributed by atoms with van der Waals surface area (Å²) in [7, 11) is -3.85. The number of phenolic OH excluding ortho intramolecular Hbond substituents is 1. The number of rotatable bonds is 9. The normalized spacial score (nSPS) is 11.5. The number of hydrogen-bond acceptors (Lipinski definition) is 7. The van der Waals surface area contributed by atoms with Crippen molar-refractivity contribution in [2.45, 2.75) is 11.3 Å². The highest BCUT2D eigenvalue weighted by Gasteiger charge is 2.20. The van der Waals surface area contributed by atoms with Crippen LogP contribution in [-0.2, 0) is 10.0 Å². The van der Waals surface area contributed by atoms with E-state index in [0.717, 1.165) is 24.0 Å². The van der Waals surface area contributed by atoms with Crippen LogP contribution in [0.15, 0.2) is 23.1 Å². The van der Waals surface area contributed by atoms with E-state index >= 15 is 0 Å². The van der Waals surface area contributed by atoms with Crippen LogP contribution in [0, 0.1) is 10.1 Å². The van der Waals surface area contributed by atoms with E-state index in [-0.39, 0.29) is 18.0 Å². The highest BCUT2D eigenvalue weighted by Crippen LogP contribution is 2.28. The van der Waals surface area contributed by atoms with Crippen LogP contribution in [0.5, 0.6) is 5.75 Å². The fourth-order valence-corrected chi connectivity index (χ4v) is 3.38. The Morgan fingerprint density at radius 3 is 2.67 bits per heavy atom. The number of sulfonamides is 1. The molecule has 0 spiro atoms. The molecule has 0 aliphatic heterocycles. The number of nitrogens with zero attached hydrogens (tertiary/aromatic N) is 1. The molecule has 0 unspecified atom stereocenters. The summed E-state index contributed by atoms with van der Waals surface area (Å²) in [6.07, 6.45) is 0.640. The Morgan fingerprint density at radius 1 is 1.33 bits per heavy atom. The zero-order valence-electron chi connectivity index (χ0n) is 11.1. The molecule has 1 rings (SSSR count). The lowest BCUT2D eigenvalue weighted by molar-refractivity contribution is -0.386. The summed E-state index contributed by atoms with van der Waals surface area (Å²) >= 11 is 1.49. The van der Waals surface area contributed by atoms with E-state index in [1.54, 1.807) is 0 Å². The first-order valence-corrected chi connectivity index (χ1v) is 8.68. The number of thioether (sulfide) groups is 1. The predicted octanol–water partition coefficient (Wildman–Crippen LogP) is 0.694. The Labute approximate surface area is 126 Å². The van der Waals surface area contributed by atoms with Gasteiger partial charge in [-0.15, -0.1) is 0 Å². The second-order valence-electron chi connectivity index (χ2n) is 3.99. The van der Waals surface area contributed by atoms with E-state index in [0.29, 0.717) is 12.2 Å². The van der Waals surface area contributed by atoms with Crippen molar-refractivity contribution in [3.63, 3.8) is 0 Å². The number of nitro groups is 1. The quantitative estimate of drug-likeness (QED) is 0.344. The van der Waals surface area contributed by atoms with E-state index < -0.39 is 26.4 Å². The highest BCUT2D eigenvalue weighted by molar-refractivity contribution is 7.99. The van der Waals surface area contributed by atoms with Crippen molar-refractivity contribution in [1.82, 2.24) is 4.72 Å². The molecule has 0 aromatic heterocycles. The average Bonchev–Trinajstić information content (AvgIpc) is 2.42. The lowest BCUT2D eigenvalue weighted by Gasteiger charge is -2.07. The third kappa shape index (κ3) is 5.50.